The highest BCUT2D eigenvalue weighted by atomic mass is 32.1. The Balaban J connectivity index is 1.77. The molecule has 2 aromatic heterocycles. The summed E-state index contributed by atoms with van der Waals surface area (Å²) in [6.45, 7) is 3.89. The fourth-order valence-corrected chi connectivity index (χ4v) is 3.68. The number of amides is 2. The van der Waals surface area contributed by atoms with E-state index in [0.717, 1.165) is 22.8 Å². The van der Waals surface area contributed by atoms with E-state index in [-0.39, 0.29) is 10.7 Å². The standard InChI is InChI=1S/C22H18N4O2S/c1-14-12-16(15(2)25(14)19-10-6-7-11-23-19)13-18-20(27)24-22(29)26(21(18)28)17-8-4-3-5-9-17/h3-13H,1-2H3,(H,24,27,29)/b18-13+. The highest BCUT2D eigenvalue weighted by Gasteiger charge is 2.34. The maximum Gasteiger partial charge on any atom is 0.270 e. The molecule has 3 heterocycles. The number of anilines is 1. The van der Waals surface area contributed by atoms with Gasteiger partial charge in [0.25, 0.3) is 11.8 Å². The van der Waals surface area contributed by atoms with Gasteiger partial charge in [-0.1, -0.05) is 24.3 Å². The number of pyridine rings is 1. The average Bonchev–Trinajstić information content (AvgIpc) is 2.99. The molecular weight excluding hydrogens is 384 g/mol. The fourth-order valence-electron chi connectivity index (χ4n) is 3.40. The summed E-state index contributed by atoms with van der Waals surface area (Å²) in [5.74, 6) is -0.180. The molecular formula is C22H18N4O2S. The Kier molecular flexibility index (Phi) is 4.82. The van der Waals surface area contributed by atoms with Gasteiger partial charge in [0.05, 0.1) is 5.69 Å². The molecule has 2 amide bonds. The van der Waals surface area contributed by atoms with Gasteiger partial charge >= 0.3 is 0 Å². The lowest BCUT2D eigenvalue weighted by Crippen LogP contribution is -2.54. The van der Waals surface area contributed by atoms with Crippen LogP contribution in [-0.4, -0.2) is 26.5 Å². The number of nitrogens with one attached hydrogen (secondary N) is 1. The van der Waals surface area contributed by atoms with Crippen LogP contribution >= 0.6 is 12.2 Å². The molecule has 0 atom stereocenters. The van der Waals surface area contributed by atoms with Crippen molar-refractivity contribution in [1.29, 1.82) is 0 Å². The number of aryl methyl sites for hydroxylation is 1. The average molecular weight is 402 g/mol. The molecule has 1 aromatic carbocycles. The third-order valence-electron chi connectivity index (χ3n) is 4.76. The number of nitrogens with zero attached hydrogens (tertiary/aromatic N) is 3. The van der Waals surface area contributed by atoms with Crippen molar-refractivity contribution in [2.45, 2.75) is 13.8 Å². The number of thiocarbonyl (C=S) groups is 1. The molecule has 29 heavy (non-hydrogen) atoms. The molecule has 0 bridgehead atoms. The molecule has 1 aliphatic heterocycles. The van der Waals surface area contributed by atoms with Gasteiger partial charge in [0.1, 0.15) is 11.4 Å². The summed E-state index contributed by atoms with van der Waals surface area (Å²) in [5, 5.41) is 2.68. The maximum absolute atomic E-state index is 13.1. The molecule has 4 rings (SSSR count). The maximum atomic E-state index is 13.1. The Bertz CT molecular complexity index is 1150. The van der Waals surface area contributed by atoms with Crippen molar-refractivity contribution in [1.82, 2.24) is 14.9 Å². The molecule has 0 saturated carbocycles. The Morgan fingerprint density at radius 1 is 1.03 bits per heavy atom. The minimum absolute atomic E-state index is 0.0312. The third-order valence-corrected chi connectivity index (χ3v) is 5.05. The minimum atomic E-state index is -0.505. The van der Waals surface area contributed by atoms with Crippen molar-refractivity contribution in [2.24, 2.45) is 0 Å². The van der Waals surface area contributed by atoms with Crippen LogP contribution in [0.15, 0.2) is 66.4 Å². The second kappa shape index (κ2) is 7.44. The third kappa shape index (κ3) is 3.36. The summed E-state index contributed by atoms with van der Waals surface area (Å²) in [4.78, 5) is 31.4. The summed E-state index contributed by atoms with van der Waals surface area (Å²) in [6.07, 6.45) is 3.33. The van der Waals surface area contributed by atoms with Gasteiger partial charge in [-0.3, -0.25) is 19.8 Å². The number of hydrogen-bond acceptors (Lipinski definition) is 4. The molecule has 1 fully saturated rings. The SMILES string of the molecule is Cc1cc(/C=C2\C(=O)NC(=S)N(c3ccccc3)C2=O)c(C)n1-c1ccccn1. The van der Waals surface area contributed by atoms with E-state index in [9.17, 15) is 9.59 Å². The fraction of sp³-hybridized carbons (Fsp3) is 0.0909. The number of aromatic nitrogens is 2. The van der Waals surface area contributed by atoms with E-state index in [1.54, 1.807) is 24.4 Å². The van der Waals surface area contributed by atoms with Gasteiger partial charge in [-0.2, -0.15) is 0 Å². The van der Waals surface area contributed by atoms with Crippen molar-refractivity contribution in [3.8, 4) is 5.82 Å². The second-order valence-electron chi connectivity index (χ2n) is 6.64. The molecule has 1 aliphatic rings. The topological polar surface area (TPSA) is 67.2 Å². The molecule has 7 heteroatoms. The van der Waals surface area contributed by atoms with Gasteiger partial charge in [0.15, 0.2) is 5.11 Å². The molecule has 1 saturated heterocycles. The Morgan fingerprint density at radius 3 is 2.45 bits per heavy atom. The highest BCUT2D eigenvalue weighted by molar-refractivity contribution is 7.80. The first-order valence-electron chi connectivity index (χ1n) is 9.04. The van der Waals surface area contributed by atoms with Crippen LogP contribution in [0.3, 0.4) is 0 Å². The molecule has 0 radical (unpaired) electrons. The first-order valence-corrected chi connectivity index (χ1v) is 9.45. The Hall–Kier alpha value is -3.58. The van der Waals surface area contributed by atoms with Crippen LogP contribution < -0.4 is 10.2 Å². The van der Waals surface area contributed by atoms with Gasteiger partial charge in [0.2, 0.25) is 0 Å². The number of benzene rings is 1. The Labute approximate surface area is 173 Å². The molecule has 1 N–H and O–H groups in total. The van der Waals surface area contributed by atoms with Gasteiger partial charge < -0.3 is 4.57 Å². The van der Waals surface area contributed by atoms with Crippen LogP contribution in [0.5, 0.6) is 0 Å². The number of para-hydroxylation sites is 1. The zero-order valence-corrected chi connectivity index (χ0v) is 16.7. The van der Waals surface area contributed by atoms with Crippen LogP contribution in [-0.2, 0) is 9.59 Å². The molecule has 0 spiro atoms. The normalized spacial score (nSPS) is 15.7. The molecule has 0 aliphatic carbocycles. The van der Waals surface area contributed by atoms with Crippen LogP contribution in [0.4, 0.5) is 5.69 Å². The summed E-state index contributed by atoms with van der Waals surface area (Å²) >= 11 is 5.23. The molecule has 3 aromatic rings. The zero-order valence-electron chi connectivity index (χ0n) is 15.9. The molecule has 6 nitrogen and oxygen atoms in total. The monoisotopic (exact) mass is 402 g/mol. The second-order valence-corrected chi connectivity index (χ2v) is 7.03. The van der Waals surface area contributed by atoms with E-state index in [1.807, 2.05) is 60.9 Å². The first-order chi connectivity index (χ1) is 14.0. The van der Waals surface area contributed by atoms with Gasteiger partial charge in [0, 0.05) is 17.6 Å². The van der Waals surface area contributed by atoms with Crippen LogP contribution in [0.1, 0.15) is 17.0 Å². The van der Waals surface area contributed by atoms with Crippen LogP contribution in [0, 0.1) is 13.8 Å². The van der Waals surface area contributed by atoms with E-state index >= 15 is 0 Å². The number of hydrogen-bond donors (Lipinski definition) is 1. The predicted molar refractivity (Wildman–Crippen MR) is 116 cm³/mol. The lowest BCUT2D eigenvalue weighted by Gasteiger charge is -2.28. The van der Waals surface area contributed by atoms with Crippen molar-refractivity contribution in [2.75, 3.05) is 4.90 Å². The van der Waals surface area contributed by atoms with Gasteiger partial charge in [-0.15, -0.1) is 0 Å². The largest absolute Gasteiger partial charge is 0.303 e. The van der Waals surface area contributed by atoms with E-state index < -0.39 is 11.8 Å². The number of carbonyl (C=O) groups excluding carboxylic acids is 2. The predicted octanol–water partition coefficient (Wildman–Crippen LogP) is 3.32. The van der Waals surface area contributed by atoms with E-state index in [1.165, 1.54) is 4.90 Å². The summed E-state index contributed by atoms with van der Waals surface area (Å²) in [6, 6.07) is 16.6. The van der Waals surface area contributed by atoms with Crippen molar-refractivity contribution >= 4 is 40.9 Å². The van der Waals surface area contributed by atoms with E-state index in [0.29, 0.717) is 5.69 Å². The van der Waals surface area contributed by atoms with Crippen molar-refractivity contribution < 1.29 is 9.59 Å². The Morgan fingerprint density at radius 2 is 1.76 bits per heavy atom. The minimum Gasteiger partial charge on any atom is -0.303 e. The van der Waals surface area contributed by atoms with Gasteiger partial charge in [-0.25, -0.2) is 4.98 Å². The van der Waals surface area contributed by atoms with E-state index in [2.05, 4.69) is 10.3 Å². The first kappa shape index (κ1) is 18.8. The lowest BCUT2D eigenvalue weighted by atomic mass is 10.1. The van der Waals surface area contributed by atoms with Crippen LogP contribution in [0.25, 0.3) is 11.9 Å². The summed E-state index contributed by atoms with van der Waals surface area (Å²) < 4.78 is 1.98. The van der Waals surface area contributed by atoms with E-state index in [4.69, 9.17) is 12.2 Å². The van der Waals surface area contributed by atoms with Crippen LogP contribution in [0.2, 0.25) is 0 Å². The summed E-state index contributed by atoms with van der Waals surface area (Å²) in [7, 11) is 0. The van der Waals surface area contributed by atoms with Crippen molar-refractivity contribution in [3.05, 3.63) is 83.3 Å². The number of carbonyl (C=O) groups is 2. The lowest BCUT2D eigenvalue weighted by molar-refractivity contribution is -0.122. The molecule has 0 unspecified atom stereocenters. The molecule has 144 valence electrons. The zero-order chi connectivity index (χ0) is 20.5. The smallest absolute Gasteiger partial charge is 0.270 e. The van der Waals surface area contributed by atoms with Gasteiger partial charge in [-0.05, 0) is 68.0 Å². The number of rotatable bonds is 3. The quantitative estimate of drug-likeness (QED) is 0.415. The van der Waals surface area contributed by atoms with Crippen molar-refractivity contribution in [3.63, 3.8) is 0 Å². The highest BCUT2D eigenvalue weighted by Crippen LogP contribution is 2.25. The summed E-state index contributed by atoms with van der Waals surface area (Å²) in [5.41, 5.74) is 3.24.